The molecule has 152 valence electrons. The van der Waals surface area contributed by atoms with Crippen LogP contribution in [0.4, 0.5) is 5.82 Å². The molecular weight excluding hydrogens is 360 g/mol. The van der Waals surface area contributed by atoms with E-state index in [1.807, 2.05) is 0 Å². The van der Waals surface area contributed by atoms with Gasteiger partial charge in [0, 0.05) is 49.6 Å². The Hall–Kier alpha value is -1.95. The van der Waals surface area contributed by atoms with E-state index >= 15 is 0 Å². The number of nitrogens with zero attached hydrogens (tertiary/aromatic N) is 3. The van der Waals surface area contributed by atoms with Gasteiger partial charge in [0.2, 0.25) is 0 Å². The van der Waals surface area contributed by atoms with Crippen molar-refractivity contribution in [1.82, 2.24) is 15.2 Å². The normalized spacial score (nSPS) is 25.8. The Labute approximate surface area is 172 Å². The third-order valence-corrected chi connectivity index (χ3v) is 7.20. The highest BCUT2D eigenvalue weighted by Gasteiger charge is 2.67. The van der Waals surface area contributed by atoms with E-state index in [4.69, 9.17) is 4.98 Å². The Morgan fingerprint density at radius 2 is 2.00 bits per heavy atom. The highest BCUT2D eigenvalue weighted by atomic mass is 16.3. The summed E-state index contributed by atoms with van der Waals surface area (Å²) < 4.78 is 0. The third kappa shape index (κ3) is 3.16. The summed E-state index contributed by atoms with van der Waals surface area (Å²) in [5, 5.41) is 14.8. The number of aliphatic hydroxyl groups excluding tert-OH is 1. The van der Waals surface area contributed by atoms with E-state index < -0.39 is 0 Å². The number of aromatic nitrogens is 1. The molecule has 2 bridgehead atoms. The van der Waals surface area contributed by atoms with Gasteiger partial charge in [0.05, 0.1) is 17.7 Å². The van der Waals surface area contributed by atoms with Crippen molar-refractivity contribution in [2.45, 2.75) is 44.9 Å². The lowest BCUT2D eigenvalue weighted by molar-refractivity contribution is 0.145. The minimum atomic E-state index is -0.162. The fourth-order valence-electron chi connectivity index (χ4n) is 5.41. The zero-order valence-electron chi connectivity index (χ0n) is 17.2. The molecule has 0 amide bonds. The zero-order valence-corrected chi connectivity index (χ0v) is 17.2. The van der Waals surface area contributed by atoms with Gasteiger partial charge in [-0.15, -0.1) is 0 Å². The molecule has 5 aliphatic rings. The Morgan fingerprint density at radius 3 is 2.76 bits per heavy atom. The Morgan fingerprint density at radius 1 is 1.17 bits per heavy atom. The van der Waals surface area contributed by atoms with Crippen molar-refractivity contribution >= 4 is 16.7 Å². The molecule has 3 fully saturated rings. The molecule has 29 heavy (non-hydrogen) atoms. The van der Waals surface area contributed by atoms with Crippen molar-refractivity contribution in [3.05, 3.63) is 46.5 Å². The molecule has 1 aromatic carbocycles. The molecule has 5 nitrogen and oxygen atoms in total. The fraction of sp³-hybridized carbons (Fsp3) is 0.542. The van der Waals surface area contributed by atoms with Gasteiger partial charge in [-0.3, -0.25) is 4.90 Å². The lowest BCUT2D eigenvalue weighted by atomic mass is 10.1. The molecule has 7 rings (SSSR count). The molecular formula is C24H30N4O. The Bertz CT molecular complexity index is 978. The van der Waals surface area contributed by atoms with Crippen LogP contribution in [-0.2, 0) is 6.54 Å². The third-order valence-electron chi connectivity index (χ3n) is 7.20. The maximum atomic E-state index is 9.90. The molecule has 0 saturated carbocycles. The maximum absolute atomic E-state index is 9.90. The van der Waals surface area contributed by atoms with E-state index in [0.717, 1.165) is 62.3 Å². The van der Waals surface area contributed by atoms with E-state index in [9.17, 15) is 5.11 Å². The van der Waals surface area contributed by atoms with Crippen LogP contribution < -0.4 is 10.2 Å². The number of hydrogen-bond acceptors (Lipinski definition) is 5. The van der Waals surface area contributed by atoms with Gasteiger partial charge in [0.25, 0.3) is 0 Å². The quantitative estimate of drug-likeness (QED) is 0.562. The number of rotatable bonds is 7. The standard InChI is InChI=1S/C24H30N4O/c1-15-3-4-16-12-17(13-25-7-2-8-28-14-19-21-22(19)23(21)28)24(26-20(16)11-15)27-9-5-18(29)6-10-27/h3-4,11-12,18-19,23,25,29H,2,5-10,13-14H2,1H3. The number of anilines is 1. The lowest BCUT2D eigenvalue weighted by Gasteiger charge is -2.32. The molecule has 0 unspecified atom stereocenters. The molecule has 0 atom stereocenters. The Balaban J connectivity index is 1.13. The SMILES string of the molecule is Cc1ccc2cc(CNCCCN3CC4C5=C4C53)c(N3CCC(O)CC3)nc2c1. The highest BCUT2D eigenvalue weighted by Crippen LogP contribution is 2.68. The molecule has 4 heterocycles. The predicted molar refractivity (Wildman–Crippen MR) is 116 cm³/mol. The molecule has 2 aliphatic carbocycles. The van der Waals surface area contributed by atoms with Crippen LogP contribution in [0.25, 0.3) is 10.9 Å². The first-order valence-corrected chi connectivity index (χ1v) is 11.2. The first-order chi connectivity index (χ1) is 14.2. The summed E-state index contributed by atoms with van der Waals surface area (Å²) in [6, 6.07) is 9.64. The van der Waals surface area contributed by atoms with Crippen molar-refractivity contribution in [3.63, 3.8) is 0 Å². The molecule has 5 heteroatoms. The first-order valence-electron chi connectivity index (χ1n) is 11.2. The predicted octanol–water partition coefficient (Wildman–Crippen LogP) is 2.61. The van der Waals surface area contributed by atoms with E-state index in [1.54, 1.807) is 11.1 Å². The van der Waals surface area contributed by atoms with Gasteiger partial charge in [-0.2, -0.15) is 0 Å². The van der Waals surface area contributed by atoms with E-state index in [2.05, 4.69) is 46.3 Å². The Kier molecular flexibility index (Phi) is 4.19. The molecule has 0 radical (unpaired) electrons. The van der Waals surface area contributed by atoms with Gasteiger partial charge in [0.15, 0.2) is 0 Å². The van der Waals surface area contributed by atoms with Crippen LogP contribution in [0.3, 0.4) is 0 Å². The van der Waals surface area contributed by atoms with Crippen LogP contribution in [0.2, 0.25) is 0 Å². The summed E-state index contributed by atoms with van der Waals surface area (Å²) in [6.45, 7) is 8.30. The molecule has 3 saturated heterocycles. The monoisotopic (exact) mass is 390 g/mol. The second kappa shape index (κ2) is 6.79. The van der Waals surface area contributed by atoms with Gasteiger partial charge in [-0.1, -0.05) is 12.1 Å². The average molecular weight is 391 g/mol. The van der Waals surface area contributed by atoms with Crippen LogP contribution >= 0.6 is 0 Å². The van der Waals surface area contributed by atoms with Crippen molar-refractivity contribution in [2.24, 2.45) is 5.92 Å². The van der Waals surface area contributed by atoms with E-state index in [0.29, 0.717) is 0 Å². The van der Waals surface area contributed by atoms with Crippen LogP contribution in [0.5, 0.6) is 0 Å². The summed E-state index contributed by atoms with van der Waals surface area (Å²) in [5.41, 5.74) is 7.16. The van der Waals surface area contributed by atoms with Crippen LogP contribution in [0.1, 0.15) is 30.4 Å². The molecule has 2 N–H and O–H groups in total. The van der Waals surface area contributed by atoms with Gasteiger partial charge in [-0.05, 0) is 61.6 Å². The van der Waals surface area contributed by atoms with Crippen molar-refractivity contribution < 1.29 is 5.11 Å². The summed E-state index contributed by atoms with van der Waals surface area (Å²) in [5.74, 6) is 2.02. The number of aliphatic hydroxyl groups is 1. The van der Waals surface area contributed by atoms with Crippen LogP contribution in [-0.4, -0.2) is 59.9 Å². The maximum Gasteiger partial charge on any atom is 0.133 e. The van der Waals surface area contributed by atoms with Crippen molar-refractivity contribution in [2.75, 3.05) is 37.6 Å². The minimum Gasteiger partial charge on any atom is -0.393 e. The molecule has 0 spiro atoms. The lowest BCUT2D eigenvalue weighted by Crippen LogP contribution is -2.37. The highest BCUT2D eigenvalue weighted by molar-refractivity contribution is 5.82. The zero-order chi connectivity index (χ0) is 19.5. The fourth-order valence-corrected chi connectivity index (χ4v) is 5.41. The first kappa shape index (κ1) is 17.9. The van der Waals surface area contributed by atoms with Gasteiger partial charge < -0.3 is 15.3 Å². The summed E-state index contributed by atoms with van der Waals surface area (Å²) in [4.78, 5) is 10.1. The molecule has 3 aliphatic heterocycles. The smallest absolute Gasteiger partial charge is 0.133 e. The van der Waals surface area contributed by atoms with Gasteiger partial charge in [-0.25, -0.2) is 4.98 Å². The molecule has 2 aromatic rings. The number of nitrogens with one attached hydrogen (secondary N) is 1. The van der Waals surface area contributed by atoms with E-state index in [1.165, 1.54) is 36.0 Å². The molecule has 1 aromatic heterocycles. The number of benzene rings is 1. The van der Waals surface area contributed by atoms with Crippen LogP contribution in [0, 0.1) is 12.8 Å². The van der Waals surface area contributed by atoms with Crippen molar-refractivity contribution in [1.29, 1.82) is 0 Å². The average Bonchev–Trinajstić information content (AvgIpc) is 3.54. The van der Waals surface area contributed by atoms with Gasteiger partial charge >= 0.3 is 0 Å². The second-order valence-corrected chi connectivity index (χ2v) is 9.28. The number of hydrogen-bond donors (Lipinski definition) is 2. The van der Waals surface area contributed by atoms with Crippen LogP contribution in [0.15, 0.2) is 35.4 Å². The number of fused-ring (bicyclic) bond motifs is 2. The summed E-state index contributed by atoms with van der Waals surface area (Å²) >= 11 is 0. The van der Waals surface area contributed by atoms with Crippen molar-refractivity contribution in [3.8, 4) is 0 Å². The minimum absolute atomic E-state index is 0.162. The van der Waals surface area contributed by atoms with Gasteiger partial charge in [0.1, 0.15) is 5.82 Å². The topological polar surface area (TPSA) is 51.6 Å². The number of aryl methyl sites for hydroxylation is 1. The second-order valence-electron chi connectivity index (χ2n) is 9.28. The summed E-state index contributed by atoms with van der Waals surface area (Å²) in [6.07, 6.45) is 2.70. The number of piperidine rings is 1. The number of pyridine rings is 1. The largest absolute Gasteiger partial charge is 0.393 e. The van der Waals surface area contributed by atoms with E-state index in [-0.39, 0.29) is 6.10 Å². The summed E-state index contributed by atoms with van der Waals surface area (Å²) in [7, 11) is 0.